The summed E-state index contributed by atoms with van der Waals surface area (Å²) in [6.45, 7) is 3.62. The Bertz CT molecular complexity index is 1000. The maximum Gasteiger partial charge on any atom is 0.393 e. The first-order chi connectivity index (χ1) is 14.6. The van der Waals surface area contributed by atoms with Crippen LogP contribution in [0.3, 0.4) is 0 Å². The van der Waals surface area contributed by atoms with Crippen molar-refractivity contribution in [2.24, 2.45) is 5.92 Å². The normalized spacial score (nSPS) is 19.3. The number of rotatable bonds is 3. The lowest BCUT2D eigenvalue weighted by atomic mass is 9.97. The van der Waals surface area contributed by atoms with Crippen LogP contribution in [0.1, 0.15) is 40.2 Å². The van der Waals surface area contributed by atoms with E-state index in [1.165, 1.54) is 22.1 Å². The molecule has 4 heterocycles. The molecule has 1 N–H and O–H groups in total. The summed E-state index contributed by atoms with van der Waals surface area (Å²) in [4.78, 5) is 32.5. The topological polar surface area (TPSA) is 91.6 Å². The molecule has 2 aromatic heterocycles. The lowest BCUT2D eigenvalue weighted by Gasteiger charge is -2.34. The third kappa shape index (κ3) is 4.08. The number of likely N-dealkylation sites (tertiary alicyclic amines) is 1. The van der Waals surface area contributed by atoms with E-state index in [1.807, 2.05) is 0 Å². The quantitative estimate of drug-likeness (QED) is 0.794. The molecule has 1 unspecified atom stereocenters. The molecule has 0 radical (unpaired) electrons. The third-order valence-electron chi connectivity index (χ3n) is 5.78. The molecule has 4 rings (SSSR count). The second-order valence-corrected chi connectivity index (χ2v) is 7.86. The van der Waals surface area contributed by atoms with Crippen molar-refractivity contribution < 1.29 is 27.3 Å². The zero-order valence-corrected chi connectivity index (χ0v) is 17.1. The fourth-order valence-corrected chi connectivity index (χ4v) is 3.97. The van der Waals surface area contributed by atoms with Gasteiger partial charge in [0, 0.05) is 24.8 Å². The zero-order chi connectivity index (χ0) is 22.3. The van der Waals surface area contributed by atoms with Crippen LogP contribution in [0.5, 0.6) is 0 Å². The highest BCUT2D eigenvalue weighted by molar-refractivity contribution is 6.04. The Morgan fingerprint density at radius 3 is 2.81 bits per heavy atom. The number of carbonyl (C=O) groups excluding carboxylic acids is 2. The summed E-state index contributed by atoms with van der Waals surface area (Å²) in [6, 6.07) is 1.50. The van der Waals surface area contributed by atoms with Gasteiger partial charge in [-0.2, -0.15) is 13.2 Å². The molecule has 2 aromatic rings. The van der Waals surface area contributed by atoms with Gasteiger partial charge in [-0.15, -0.1) is 0 Å². The summed E-state index contributed by atoms with van der Waals surface area (Å²) in [5.74, 6) is -1.28. The van der Waals surface area contributed by atoms with Gasteiger partial charge in [-0.3, -0.25) is 9.59 Å². The first-order valence-corrected chi connectivity index (χ1v) is 9.97. The molecule has 2 amide bonds. The van der Waals surface area contributed by atoms with Crippen molar-refractivity contribution >= 4 is 23.3 Å². The van der Waals surface area contributed by atoms with Gasteiger partial charge in [-0.25, -0.2) is 4.98 Å². The van der Waals surface area contributed by atoms with Crippen LogP contribution < -0.4 is 10.2 Å². The first kappa shape index (κ1) is 21.1. The minimum atomic E-state index is -4.34. The van der Waals surface area contributed by atoms with Gasteiger partial charge < -0.3 is 19.6 Å². The van der Waals surface area contributed by atoms with Gasteiger partial charge in [0.2, 0.25) is 5.91 Å². The van der Waals surface area contributed by atoms with Gasteiger partial charge in [0.1, 0.15) is 5.76 Å². The predicted molar refractivity (Wildman–Crippen MR) is 105 cm³/mol. The molecule has 166 valence electrons. The SMILES string of the molecule is Cc1noc(C)c1CN1C(=O)CNc2ncc(C(=O)N3CCCC(C(F)(F)F)C3)cc21. The summed E-state index contributed by atoms with van der Waals surface area (Å²) in [7, 11) is 0. The van der Waals surface area contributed by atoms with E-state index in [9.17, 15) is 22.8 Å². The number of alkyl halides is 3. The number of piperidine rings is 1. The highest BCUT2D eigenvalue weighted by atomic mass is 19.4. The van der Waals surface area contributed by atoms with Crippen LogP contribution in [0.2, 0.25) is 0 Å². The van der Waals surface area contributed by atoms with Crippen LogP contribution >= 0.6 is 0 Å². The van der Waals surface area contributed by atoms with Crippen molar-refractivity contribution in [2.45, 2.75) is 39.4 Å². The molecule has 0 bridgehead atoms. The number of aromatic nitrogens is 2. The van der Waals surface area contributed by atoms with Crippen LogP contribution in [0.25, 0.3) is 0 Å². The third-order valence-corrected chi connectivity index (χ3v) is 5.78. The molecule has 0 spiro atoms. The van der Waals surface area contributed by atoms with Gasteiger partial charge in [-0.1, -0.05) is 5.16 Å². The zero-order valence-electron chi connectivity index (χ0n) is 17.1. The number of pyridine rings is 1. The smallest absolute Gasteiger partial charge is 0.361 e. The molecule has 8 nitrogen and oxygen atoms in total. The van der Waals surface area contributed by atoms with E-state index in [2.05, 4.69) is 15.5 Å². The van der Waals surface area contributed by atoms with Gasteiger partial charge in [0.05, 0.1) is 36.0 Å². The number of amides is 2. The molecule has 0 aliphatic carbocycles. The van der Waals surface area contributed by atoms with E-state index in [4.69, 9.17) is 4.52 Å². The molecular weight excluding hydrogens is 415 g/mol. The minimum absolute atomic E-state index is 0.0132. The Kier molecular flexibility index (Phi) is 5.36. The van der Waals surface area contributed by atoms with E-state index < -0.39 is 18.0 Å². The molecule has 2 aliphatic rings. The van der Waals surface area contributed by atoms with Crippen LogP contribution in [-0.2, 0) is 11.3 Å². The molecule has 0 saturated carbocycles. The average molecular weight is 437 g/mol. The molecule has 31 heavy (non-hydrogen) atoms. The monoisotopic (exact) mass is 437 g/mol. The van der Waals surface area contributed by atoms with Crippen LogP contribution in [0, 0.1) is 19.8 Å². The maximum atomic E-state index is 13.1. The Balaban J connectivity index is 1.61. The van der Waals surface area contributed by atoms with Crippen molar-refractivity contribution in [1.82, 2.24) is 15.0 Å². The molecule has 1 atom stereocenters. The van der Waals surface area contributed by atoms with E-state index in [0.717, 1.165) is 5.56 Å². The number of nitrogens with zero attached hydrogens (tertiary/aromatic N) is 4. The number of nitrogens with one attached hydrogen (secondary N) is 1. The summed E-state index contributed by atoms with van der Waals surface area (Å²) in [6.07, 6.45) is -2.71. The number of halogens is 3. The van der Waals surface area contributed by atoms with Crippen molar-refractivity contribution in [3.63, 3.8) is 0 Å². The van der Waals surface area contributed by atoms with Crippen molar-refractivity contribution in [1.29, 1.82) is 0 Å². The Morgan fingerprint density at radius 1 is 1.35 bits per heavy atom. The number of hydrogen-bond donors (Lipinski definition) is 1. The molecular formula is C20H22F3N5O3. The Labute approximate surface area is 176 Å². The van der Waals surface area contributed by atoms with Crippen LogP contribution in [0.15, 0.2) is 16.8 Å². The average Bonchev–Trinajstić information content (AvgIpc) is 3.06. The van der Waals surface area contributed by atoms with E-state index in [-0.39, 0.29) is 50.5 Å². The second-order valence-electron chi connectivity index (χ2n) is 7.86. The summed E-state index contributed by atoms with van der Waals surface area (Å²) >= 11 is 0. The molecule has 2 aliphatic heterocycles. The summed E-state index contributed by atoms with van der Waals surface area (Å²) in [5, 5.41) is 6.81. The molecule has 0 aromatic carbocycles. The van der Waals surface area contributed by atoms with Crippen molar-refractivity contribution in [3.05, 3.63) is 34.8 Å². The number of aryl methyl sites for hydroxylation is 2. The predicted octanol–water partition coefficient (Wildman–Crippen LogP) is 3.06. The fraction of sp³-hybridized carbons (Fsp3) is 0.500. The Hall–Kier alpha value is -3.11. The van der Waals surface area contributed by atoms with Gasteiger partial charge in [0.15, 0.2) is 5.82 Å². The summed E-state index contributed by atoms with van der Waals surface area (Å²) < 4.78 is 44.6. The molecule has 1 fully saturated rings. The van der Waals surface area contributed by atoms with E-state index in [0.29, 0.717) is 23.0 Å². The van der Waals surface area contributed by atoms with Crippen molar-refractivity contribution in [3.8, 4) is 0 Å². The number of carbonyl (C=O) groups is 2. The second kappa shape index (κ2) is 7.86. The van der Waals surface area contributed by atoms with Gasteiger partial charge in [-0.05, 0) is 32.8 Å². The van der Waals surface area contributed by atoms with E-state index >= 15 is 0 Å². The largest absolute Gasteiger partial charge is 0.393 e. The Morgan fingerprint density at radius 2 is 2.13 bits per heavy atom. The lowest BCUT2D eigenvalue weighted by Crippen LogP contribution is -2.45. The van der Waals surface area contributed by atoms with Gasteiger partial charge >= 0.3 is 6.18 Å². The number of fused-ring (bicyclic) bond motifs is 1. The fourth-order valence-electron chi connectivity index (χ4n) is 3.97. The lowest BCUT2D eigenvalue weighted by molar-refractivity contribution is -0.184. The highest BCUT2D eigenvalue weighted by Gasteiger charge is 2.43. The maximum absolute atomic E-state index is 13.1. The summed E-state index contributed by atoms with van der Waals surface area (Å²) in [5.41, 5.74) is 1.94. The molecule has 11 heteroatoms. The van der Waals surface area contributed by atoms with Crippen LogP contribution in [-0.4, -0.2) is 52.7 Å². The number of anilines is 2. The minimum Gasteiger partial charge on any atom is -0.361 e. The molecule has 1 saturated heterocycles. The van der Waals surface area contributed by atoms with Crippen molar-refractivity contribution in [2.75, 3.05) is 29.9 Å². The van der Waals surface area contributed by atoms with Crippen LogP contribution in [0.4, 0.5) is 24.7 Å². The number of hydrogen-bond acceptors (Lipinski definition) is 6. The first-order valence-electron chi connectivity index (χ1n) is 9.97. The van der Waals surface area contributed by atoms with Gasteiger partial charge in [0.25, 0.3) is 5.91 Å². The van der Waals surface area contributed by atoms with E-state index in [1.54, 1.807) is 13.8 Å². The highest BCUT2D eigenvalue weighted by Crippen LogP contribution is 2.35. The standard InChI is InChI=1S/C20H22F3N5O3/c1-11-15(12(2)31-26-11)10-28-16-6-13(7-24-18(16)25-8-17(28)29)19(30)27-5-3-4-14(9-27)20(21,22)23/h6-7,14H,3-5,8-10H2,1-2H3,(H,24,25).